The summed E-state index contributed by atoms with van der Waals surface area (Å²) in [4.78, 5) is 35.9. The van der Waals surface area contributed by atoms with Crippen molar-refractivity contribution in [3.63, 3.8) is 0 Å². The molecule has 0 saturated heterocycles. The summed E-state index contributed by atoms with van der Waals surface area (Å²) in [5, 5.41) is 5.81. The Hall–Kier alpha value is -3.35. The summed E-state index contributed by atoms with van der Waals surface area (Å²) in [6, 6.07) is 13.6. The lowest BCUT2D eigenvalue weighted by atomic mass is 9.86. The maximum atomic E-state index is 12.5. The van der Waals surface area contributed by atoms with E-state index in [1.807, 2.05) is 12.1 Å². The first-order valence-electron chi connectivity index (χ1n) is 11.6. The highest BCUT2D eigenvalue weighted by molar-refractivity contribution is 6.04. The Morgan fingerprint density at radius 1 is 0.939 bits per heavy atom. The molecule has 3 rings (SSSR count). The lowest BCUT2D eigenvalue weighted by Crippen LogP contribution is -2.23. The third kappa shape index (κ3) is 8.25. The number of rotatable bonds is 9. The number of amides is 2. The van der Waals surface area contributed by atoms with Crippen LogP contribution in [0.5, 0.6) is 5.75 Å². The summed E-state index contributed by atoms with van der Waals surface area (Å²) in [5.41, 5.74) is 2.05. The second-order valence-electron chi connectivity index (χ2n) is 8.28. The smallest absolute Gasteiger partial charge is 0.434 e. The van der Waals surface area contributed by atoms with Crippen molar-refractivity contribution in [2.75, 3.05) is 11.9 Å². The van der Waals surface area contributed by atoms with Crippen molar-refractivity contribution in [1.82, 2.24) is 5.32 Å². The molecule has 0 bridgehead atoms. The van der Waals surface area contributed by atoms with E-state index in [9.17, 15) is 14.4 Å². The molecule has 0 unspecified atom stereocenters. The molecule has 2 N–H and O–H groups in total. The van der Waals surface area contributed by atoms with Crippen molar-refractivity contribution in [2.24, 2.45) is 5.92 Å². The van der Waals surface area contributed by atoms with Gasteiger partial charge in [-0.1, -0.05) is 44.2 Å². The Morgan fingerprint density at radius 2 is 1.64 bits per heavy atom. The van der Waals surface area contributed by atoms with Gasteiger partial charge in [-0.15, -0.1) is 0 Å². The normalized spacial score (nSPS) is 13.7. The van der Waals surface area contributed by atoms with Gasteiger partial charge in [0.25, 0.3) is 5.91 Å². The Balaban J connectivity index is 1.41. The molecule has 1 aliphatic carbocycles. The first-order chi connectivity index (χ1) is 16.0. The Kier molecular flexibility index (Phi) is 9.30. The van der Waals surface area contributed by atoms with Crippen LogP contribution < -0.4 is 15.4 Å². The van der Waals surface area contributed by atoms with E-state index >= 15 is 0 Å². The van der Waals surface area contributed by atoms with Gasteiger partial charge in [-0.25, -0.2) is 4.79 Å². The van der Waals surface area contributed by atoms with Crippen molar-refractivity contribution in [1.29, 1.82) is 0 Å². The zero-order chi connectivity index (χ0) is 23.5. The molecule has 7 nitrogen and oxygen atoms in total. The van der Waals surface area contributed by atoms with Crippen LogP contribution in [0.25, 0.3) is 0 Å². The molecule has 0 heterocycles. The van der Waals surface area contributed by atoms with Gasteiger partial charge < -0.3 is 20.1 Å². The Labute approximate surface area is 194 Å². The minimum Gasteiger partial charge on any atom is -0.434 e. The Bertz CT molecular complexity index is 919. The SMILES string of the molecule is CCOC(=O)Oc1ccc(C(=O)Nc2ccc(CNC(=O)CCC3CCCCC3)cc2)cc1. The summed E-state index contributed by atoms with van der Waals surface area (Å²) >= 11 is 0. The fourth-order valence-electron chi connectivity index (χ4n) is 3.93. The number of hydrogen-bond donors (Lipinski definition) is 2. The zero-order valence-electron chi connectivity index (χ0n) is 19.1. The second-order valence-corrected chi connectivity index (χ2v) is 8.28. The van der Waals surface area contributed by atoms with Gasteiger partial charge in [-0.2, -0.15) is 0 Å². The van der Waals surface area contributed by atoms with Gasteiger partial charge in [0.1, 0.15) is 5.75 Å². The summed E-state index contributed by atoms with van der Waals surface area (Å²) in [5.74, 6) is 0.818. The number of hydrogen-bond acceptors (Lipinski definition) is 5. The van der Waals surface area contributed by atoms with E-state index in [0.717, 1.165) is 12.0 Å². The third-order valence-corrected chi connectivity index (χ3v) is 5.79. The molecule has 1 fully saturated rings. The quantitative estimate of drug-likeness (QED) is 0.390. The minimum atomic E-state index is -0.782. The van der Waals surface area contributed by atoms with Crippen LogP contribution in [0.3, 0.4) is 0 Å². The van der Waals surface area contributed by atoms with E-state index in [1.165, 1.54) is 44.2 Å². The first kappa shape index (κ1) is 24.3. The number of benzene rings is 2. The average molecular weight is 453 g/mol. The number of anilines is 1. The van der Waals surface area contributed by atoms with Gasteiger partial charge in [0.2, 0.25) is 5.91 Å². The van der Waals surface area contributed by atoms with Gasteiger partial charge in [0, 0.05) is 24.2 Å². The lowest BCUT2D eigenvalue weighted by Gasteiger charge is -2.21. The van der Waals surface area contributed by atoms with Crippen molar-refractivity contribution >= 4 is 23.7 Å². The van der Waals surface area contributed by atoms with Gasteiger partial charge in [-0.3, -0.25) is 9.59 Å². The number of nitrogens with one attached hydrogen (secondary N) is 2. The molecule has 0 atom stereocenters. The number of ether oxygens (including phenoxy) is 2. The molecule has 0 aromatic heterocycles. The molecule has 0 spiro atoms. The molecular formula is C26H32N2O5. The van der Waals surface area contributed by atoms with Crippen molar-refractivity contribution < 1.29 is 23.9 Å². The summed E-state index contributed by atoms with van der Waals surface area (Å²) in [7, 11) is 0. The predicted octanol–water partition coefficient (Wildman–Crippen LogP) is 5.45. The van der Waals surface area contributed by atoms with Gasteiger partial charge in [-0.05, 0) is 61.2 Å². The summed E-state index contributed by atoms with van der Waals surface area (Å²) in [6.07, 6.45) is 7.22. The van der Waals surface area contributed by atoms with Gasteiger partial charge in [0.05, 0.1) is 6.61 Å². The Morgan fingerprint density at radius 3 is 2.30 bits per heavy atom. The van der Waals surface area contributed by atoms with Crippen LogP contribution in [0.2, 0.25) is 0 Å². The molecule has 33 heavy (non-hydrogen) atoms. The van der Waals surface area contributed by atoms with Crippen molar-refractivity contribution in [3.8, 4) is 5.75 Å². The molecule has 2 aromatic rings. The highest BCUT2D eigenvalue weighted by Crippen LogP contribution is 2.27. The molecule has 0 radical (unpaired) electrons. The fourth-order valence-corrected chi connectivity index (χ4v) is 3.93. The van der Waals surface area contributed by atoms with Crippen molar-refractivity contribution in [3.05, 3.63) is 59.7 Å². The van der Waals surface area contributed by atoms with E-state index in [2.05, 4.69) is 10.6 Å². The maximum Gasteiger partial charge on any atom is 0.513 e. The van der Waals surface area contributed by atoms with Crippen LogP contribution >= 0.6 is 0 Å². The van der Waals surface area contributed by atoms with Gasteiger partial charge in [0.15, 0.2) is 0 Å². The molecule has 176 valence electrons. The molecule has 0 aliphatic heterocycles. The maximum absolute atomic E-state index is 12.5. The molecular weight excluding hydrogens is 420 g/mol. The van der Waals surface area contributed by atoms with E-state index in [-0.39, 0.29) is 18.4 Å². The van der Waals surface area contributed by atoms with E-state index < -0.39 is 6.16 Å². The average Bonchev–Trinajstić information content (AvgIpc) is 2.83. The molecule has 7 heteroatoms. The highest BCUT2D eigenvalue weighted by Gasteiger charge is 2.15. The van der Waals surface area contributed by atoms with Gasteiger partial charge >= 0.3 is 6.16 Å². The fraction of sp³-hybridized carbons (Fsp3) is 0.423. The number of carbonyl (C=O) groups excluding carboxylic acids is 3. The minimum absolute atomic E-state index is 0.0911. The highest BCUT2D eigenvalue weighted by atomic mass is 16.7. The second kappa shape index (κ2) is 12.6. The van der Waals surface area contributed by atoms with Crippen LogP contribution in [0, 0.1) is 5.92 Å². The topological polar surface area (TPSA) is 93.7 Å². The molecule has 1 aliphatic rings. The van der Waals surface area contributed by atoms with Crippen molar-refractivity contribution in [2.45, 2.75) is 58.4 Å². The molecule has 2 amide bonds. The van der Waals surface area contributed by atoms with E-state index in [4.69, 9.17) is 9.47 Å². The lowest BCUT2D eigenvalue weighted by molar-refractivity contribution is -0.121. The zero-order valence-corrected chi connectivity index (χ0v) is 19.1. The first-order valence-corrected chi connectivity index (χ1v) is 11.6. The van der Waals surface area contributed by atoms with Crippen LogP contribution in [0.1, 0.15) is 67.8 Å². The molecule has 2 aromatic carbocycles. The monoisotopic (exact) mass is 452 g/mol. The molecule has 1 saturated carbocycles. The van der Waals surface area contributed by atoms with E-state index in [1.54, 1.807) is 31.2 Å². The number of carbonyl (C=O) groups is 3. The van der Waals surface area contributed by atoms with E-state index in [0.29, 0.717) is 35.9 Å². The largest absolute Gasteiger partial charge is 0.513 e. The van der Waals surface area contributed by atoms with Crippen LogP contribution in [-0.4, -0.2) is 24.6 Å². The van der Waals surface area contributed by atoms with Crippen LogP contribution in [0.4, 0.5) is 10.5 Å². The predicted molar refractivity (Wildman–Crippen MR) is 126 cm³/mol. The third-order valence-electron chi connectivity index (χ3n) is 5.79. The standard InChI is InChI=1S/C26H32N2O5/c1-2-32-26(31)33-23-15-11-21(12-16-23)25(30)28-22-13-8-20(9-14-22)18-27-24(29)17-10-19-6-4-3-5-7-19/h8-9,11-16,19H,2-7,10,17-18H2,1H3,(H,27,29)(H,28,30). The summed E-state index contributed by atoms with van der Waals surface area (Å²) in [6.45, 7) is 2.39. The van der Waals surface area contributed by atoms with Crippen LogP contribution in [-0.2, 0) is 16.1 Å². The van der Waals surface area contributed by atoms with Crippen LogP contribution in [0.15, 0.2) is 48.5 Å². The summed E-state index contributed by atoms with van der Waals surface area (Å²) < 4.78 is 9.70.